The third kappa shape index (κ3) is 2.62. The van der Waals surface area contributed by atoms with E-state index in [0.717, 1.165) is 32.7 Å². The van der Waals surface area contributed by atoms with Gasteiger partial charge >= 0.3 is 0 Å². The average molecular weight is 416 g/mol. The molecule has 0 aliphatic heterocycles. The lowest BCUT2D eigenvalue weighted by Crippen LogP contribution is -1.97. The minimum absolute atomic E-state index is 0.711. The molecule has 7 nitrogen and oxygen atoms in total. The van der Waals surface area contributed by atoms with Crippen molar-refractivity contribution in [2.75, 3.05) is 0 Å². The Morgan fingerprint density at radius 2 is 1.83 bits per heavy atom. The predicted octanol–water partition coefficient (Wildman–Crippen LogP) is 4.51. The Morgan fingerprint density at radius 3 is 2.72 bits per heavy atom. The smallest absolute Gasteiger partial charge is 0.202 e. The zero-order valence-electron chi connectivity index (χ0n) is 15.2. The van der Waals surface area contributed by atoms with E-state index in [2.05, 4.69) is 49.9 Å². The maximum atomic E-state index is 4.75. The van der Waals surface area contributed by atoms with Gasteiger partial charge in [0, 0.05) is 16.3 Å². The molecule has 0 N–H and O–H groups in total. The van der Waals surface area contributed by atoms with Gasteiger partial charge in [-0.2, -0.15) is 21.0 Å². The van der Waals surface area contributed by atoms with Crippen LogP contribution in [-0.2, 0) is 0 Å². The van der Waals surface area contributed by atoms with E-state index in [4.69, 9.17) is 5.10 Å². The molecule has 140 valence electrons. The van der Waals surface area contributed by atoms with E-state index in [-0.39, 0.29) is 0 Å². The summed E-state index contributed by atoms with van der Waals surface area (Å²) in [6, 6.07) is 16.2. The van der Waals surface area contributed by atoms with E-state index < -0.39 is 0 Å². The highest BCUT2D eigenvalue weighted by molar-refractivity contribution is 7.99. The quantitative estimate of drug-likeness (QED) is 0.423. The fourth-order valence-electron chi connectivity index (χ4n) is 3.43. The van der Waals surface area contributed by atoms with Gasteiger partial charge < -0.3 is 0 Å². The van der Waals surface area contributed by atoms with Crippen LogP contribution in [-0.4, -0.2) is 34.4 Å². The average Bonchev–Trinajstić information content (AvgIpc) is 3.48. The summed E-state index contributed by atoms with van der Waals surface area (Å²) in [5.74, 6) is 0.732. The van der Waals surface area contributed by atoms with Gasteiger partial charge in [-0.25, -0.2) is 0 Å². The molecule has 29 heavy (non-hydrogen) atoms. The highest BCUT2D eigenvalue weighted by Crippen LogP contribution is 2.30. The van der Waals surface area contributed by atoms with Crippen molar-refractivity contribution in [1.29, 1.82) is 0 Å². The Bertz CT molecular complexity index is 1500. The SMILES string of the molecule is Cc1cc2nnc(Sc3ccc4nnc(-c5ccsc5)n4n3)n2c2ccccc12. The van der Waals surface area contributed by atoms with E-state index in [1.165, 1.54) is 22.7 Å². The number of aryl methyl sites for hydroxylation is 1. The van der Waals surface area contributed by atoms with E-state index in [0.29, 0.717) is 5.65 Å². The zero-order chi connectivity index (χ0) is 19.4. The molecule has 0 fully saturated rings. The summed E-state index contributed by atoms with van der Waals surface area (Å²) in [5.41, 5.74) is 4.81. The van der Waals surface area contributed by atoms with Crippen LogP contribution in [0.3, 0.4) is 0 Å². The number of thiophene rings is 1. The van der Waals surface area contributed by atoms with Gasteiger partial charge in [-0.05, 0) is 60.0 Å². The number of aromatic nitrogens is 7. The lowest BCUT2D eigenvalue weighted by atomic mass is 10.1. The highest BCUT2D eigenvalue weighted by atomic mass is 32.2. The maximum Gasteiger partial charge on any atom is 0.202 e. The second kappa shape index (κ2) is 6.36. The molecular weight excluding hydrogens is 402 g/mol. The molecule has 0 bridgehead atoms. The minimum Gasteiger partial charge on any atom is -0.270 e. The van der Waals surface area contributed by atoms with E-state index in [9.17, 15) is 0 Å². The van der Waals surface area contributed by atoms with E-state index >= 15 is 0 Å². The molecule has 0 aliphatic carbocycles. The number of nitrogens with zero attached hydrogens (tertiary/aromatic N) is 7. The number of pyridine rings is 1. The van der Waals surface area contributed by atoms with Gasteiger partial charge in [0.1, 0.15) is 5.03 Å². The van der Waals surface area contributed by atoms with Crippen molar-refractivity contribution < 1.29 is 0 Å². The molecule has 6 rings (SSSR count). The molecule has 0 radical (unpaired) electrons. The van der Waals surface area contributed by atoms with Crippen molar-refractivity contribution in [2.24, 2.45) is 0 Å². The lowest BCUT2D eigenvalue weighted by molar-refractivity contribution is 0.853. The second-order valence-corrected chi connectivity index (χ2v) is 8.37. The third-order valence-corrected chi connectivity index (χ3v) is 6.34. The van der Waals surface area contributed by atoms with Crippen LogP contribution in [0.2, 0.25) is 0 Å². The van der Waals surface area contributed by atoms with Crippen LogP contribution in [0.1, 0.15) is 5.56 Å². The van der Waals surface area contributed by atoms with Crippen LogP contribution in [0.25, 0.3) is 33.6 Å². The Kier molecular flexibility index (Phi) is 3.65. The first-order chi connectivity index (χ1) is 14.3. The summed E-state index contributed by atoms with van der Waals surface area (Å²) in [7, 11) is 0. The van der Waals surface area contributed by atoms with Gasteiger partial charge in [-0.15, -0.1) is 20.4 Å². The van der Waals surface area contributed by atoms with Crippen molar-refractivity contribution in [3.8, 4) is 11.4 Å². The van der Waals surface area contributed by atoms with E-state index in [1.54, 1.807) is 15.9 Å². The molecule has 9 heteroatoms. The second-order valence-electron chi connectivity index (χ2n) is 6.60. The highest BCUT2D eigenvalue weighted by Gasteiger charge is 2.15. The third-order valence-electron chi connectivity index (χ3n) is 4.79. The molecule has 1 aromatic carbocycles. The van der Waals surface area contributed by atoms with E-state index in [1.807, 2.05) is 41.1 Å². The molecule has 0 unspecified atom stereocenters. The monoisotopic (exact) mass is 415 g/mol. The maximum absolute atomic E-state index is 4.75. The fraction of sp³-hybridized carbons (Fsp3) is 0.0500. The van der Waals surface area contributed by atoms with Crippen molar-refractivity contribution in [3.63, 3.8) is 0 Å². The standard InChI is InChI=1S/C20H13N7S2/c1-12-10-17-22-24-20(26(17)15-5-3-2-4-14(12)15)29-18-7-6-16-21-23-19(27(16)25-18)13-8-9-28-11-13/h2-11H,1H3. The molecule has 0 spiro atoms. The number of para-hydroxylation sites is 1. The van der Waals surface area contributed by atoms with Crippen molar-refractivity contribution in [3.05, 3.63) is 64.9 Å². The molecule has 5 aromatic heterocycles. The Hall–Kier alpha value is -3.30. The molecular formula is C20H13N7S2. The molecule has 0 aliphatic rings. The molecule has 0 saturated carbocycles. The van der Waals surface area contributed by atoms with Crippen LogP contribution < -0.4 is 0 Å². The summed E-state index contributed by atoms with van der Waals surface area (Å²) in [6.07, 6.45) is 0. The minimum atomic E-state index is 0.711. The number of rotatable bonds is 3. The predicted molar refractivity (Wildman–Crippen MR) is 113 cm³/mol. The first-order valence-electron chi connectivity index (χ1n) is 8.94. The Balaban J connectivity index is 1.49. The summed E-state index contributed by atoms with van der Waals surface area (Å²) in [4.78, 5) is 0. The van der Waals surface area contributed by atoms with Gasteiger partial charge in [-0.1, -0.05) is 18.2 Å². The molecule has 6 aromatic rings. The summed E-state index contributed by atoms with van der Waals surface area (Å²) in [6.45, 7) is 2.09. The zero-order valence-corrected chi connectivity index (χ0v) is 16.9. The van der Waals surface area contributed by atoms with Crippen molar-refractivity contribution in [2.45, 2.75) is 17.1 Å². The van der Waals surface area contributed by atoms with Gasteiger partial charge in [-0.3, -0.25) is 4.40 Å². The van der Waals surface area contributed by atoms with Crippen molar-refractivity contribution in [1.82, 2.24) is 34.4 Å². The van der Waals surface area contributed by atoms with Gasteiger partial charge in [0.25, 0.3) is 0 Å². The summed E-state index contributed by atoms with van der Waals surface area (Å²) < 4.78 is 3.85. The van der Waals surface area contributed by atoms with Crippen LogP contribution in [0, 0.1) is 6.92 Å². The summed E-state index contributed by atoms with van der Waals surface area (Å²) >= 11 is 3.10. The number of fused-ring (bicyclic) bond motifs is 4. The van der Waals surface area contributed by atoms with Crippen LogP contribution in [0.15, 0.2) is 69.5 Å². The van der Waals surface area contributed by atoms with Crippen LogP contribution in [0.4, 0.5) is 0 Å². The van der Waals surface area contributed by atoms with Gasteiger partial charge in [0.2, 0.25) is 5.16 Å². The lowest BCUT2D eigenvalue weighted by Gasteiger charge is -2.07. The van der Waals surface area contributed by atoms with Crippen LogP contribution >= 0.6 is 23.1 Å². The molecule has 5 heterocycles. The molecule has 0 saturated heterocycles. The first kappa shape index (κ1) is 16.6. The number of hydrogen-bond donors (Lipinski definition) is 0. The van der Waals surface area contributed by atoms with Crippen molar-refractivity contribution >= 4 is 45.3 Å². The van der Waals surface area contributed by atoms with Gasteiger partial charge in [0.15, 0.2) is 17.1 Å². The first-order valence-corrected chi connectivity index (χ1v) is 10.7. The van der Waals surface area contributed by atoms with Gasteiger partial charge in [0.05, 0.1) is 5.52 Å². The van der Waals surface area contributed by atoms with Crippen LogP contribution in [0.5, 0.6) is 0 Å². The normalized spacial score (nSPS) is 11.8. The Labute approximate surface area is 173 Å². The Morgan fingerprint density at radius 1 is 0.931 bits per heavy atom. The molecule has 0 amide bonds. The summed E-state index contributed by atoms with van der Waals surface area (Å²) in [5, 5.41) is 28.9. The molecule has 0 atom stereocenters. The number of hydrogen-bond acceptors (Lipinski definition) is 7. The topological polar surface area (TPSA) is 73.3 Å². The largest absolute Gasteiger partial charge is 0.270 e. The fourth-order valence-corrected chi connectivity index (χ4v) is 4.88. The number of benzene rings is 1.